The standard InChI is InChI=1S/C15H13ClN2O2/c1-10-5-12(20-9-19-2)3-4-13(10)11-6-14(16)15(7-17)18-8-11/h3-6,8H,9H2,1-2H3. The largest absolute Gasteiger partial charge is 0.468 e. The van der Waals surface area contributed by atoms with Crippen molar-refractivity contribution >= 4 is 11.6 Å². The second-order valence-corrected chi connectivity index (χ2v) is 4.60. The zero-order valence-electron chi connectivity index (χ0n) is 11.2. The lowest BCUT2D eigenvalue weighted by Crippen LogP contribution is -1.99. The van der Waals surface area contributed by atoms with Gasteiger partial charge in [0.25, 0.3) is 0 Å². The Labute approximate surface area is 122 Å². The molecule has 20 heavy (non-hydrogen) atoms. The van der Waals surface area contributed by atoms with Crippen LogP contribution in [0, 0.1) is 18.3 Å². The quantitative estimate of drug-likeness (QED) is 0.807. The van der Waals surface area contributed by atoms with Crippen LogP contribution in [0.2, 0.25) is 5.02 Å². The van der Waals surface area contributed by atoms with Crippen molar-refractivity contribution in [3.05, 3.63) is 46.7 Å². The first-order valence-corrected chi connectivity index (χ1v) is 6.32. The summed E-state index contributed by atoms with van der Waals surface area (Å²) in [4.78, 5) is 4.04. The van der Waals surface area contributed by atoms with Gasteiger partial charge in [-0.3, -0.25) is 0 Å². The molecule has 0 saturated carbocycles. The van der Waals surface area contributed by atoms with Crippen LogP contribution in [0.25, 0.3) is 11.1 Å². The van der Waals surface area contributed by atoms with Gasteiger partial charge in [0, 0.05) is 18.9 Å². The van der Waals surface area contributed by atoms with Gasteiger partial charge in [-0.25, -0.2) is 4.98 Å². The monoisotopic (exact) mass is 288 g/mol. The fourth-order valence-corrected chi connectivity index (χ4v) is 2.05. The van der Waals surface area contributed by atoms with Gasteiger partial charge in [-0.2, -0.15) is 5.26 Å². The van der Waals surface area contributed by atoms with Crippen molar-refractivity contribution in [1.29, 1.82) is 5.26 Å². The molecule has 4 nitrogen and oxygen atoms in total. The zero-order chi connectivity index (χ0) is 14.5. The van der Waals surface area contributed by atoms with Crippen molar-refractivity contribution in [3.63, 3.8) is 0 Å². The van der Waals surface area contributed by atoms with Gasteiger partial charge >= 0.3 is 0 Å². The first-order valence-electron chi connectivity index (χ1n) is 5.94. The lowest BCUT2D eigenvalue weighted by Gasteiger charge is -2.10. The number of hydrogen-bond acceptors (Lipinski definition) is 4. The minimum absolute atomic E-state index is 0.211. The van der Waals surface area contributed by atoms with E-state index in [4.69, 9.17) is 26.3 Å². The van der Waals surface area contributed by atoms with Crippen molar-refractivity contribution in [2.24, 2.45) is 0 Å². The summed E-state index contributed by atoms with van der Waals surface area (Å²) in [6.45, 7) is 2.18. The van der Waals surface area contributed by atoms with Gasteiger partial charge in [0.1, 0.15) is 11.8 Å². The Morgan fingerprint density at radius 1 is 1.35 bits per heavy atom. The molecule has 0 amide bonds. The highest BCUT2D eigenvalue weighted by Crippen LogP contribution is 2.29. The fourth-order valence-electron chi connectivity index (χ4n) is 1.84. The van der Waals surface area contributed by atoms with Crippen LogP contribution < -0.4 is 4.74 Å². The SMILES string of the molecule is COCOc1ccc(-c2cnc(C#N)c(Cl)c2)c(C)c1. The number of nitriles is 1. The van der Waals surface area contributed by atoms with E-state index in [-0.39, 0.29) is 12.5 Å². The molecular weight excluding hydrogens is 276 g/mol. The number of rotatable bonds is 4. The maximum atomic E-state index is 8.83. The molecule has 0 N–H and O–H groups in total. The molecule has 2 aromatic rings. The Hall–Kier alpha value is -2.09. The van der Waals surface area contributed by atoms with E-state index in [0.29, 0.717) is 5.02 Å². The highest BCUT2D eigenvalue weighted by molar-refractivity contribution is 6.31. The molecule has 0 aliphatic carbocycles. The molecular formula is C15H13ClN2O2. The van der Waals surface area contributed by atoms with E-state index in [2.05, 4.69) is 4.98 Å². The normalized spacial score (nSPS) is 10.1. The van der Waals surface area contributed by atoms with Gasteiger partial charge < -0.3 is 9.47 Å². The molecule has 0 radical (unpaired) electrons. The number of benzene rings is 1. The summed E-state index contributed by atoms with van der Waals surface area (Å²) in [7, 11) is 1.58. The van der Waals surface area contributed by atoms with Crippen molar-refractivity contribution in [3.8, 4) is 22.9 Å². The molecule has 0 atom stereocenters. The molecule has 0 fully saturated rings. The van der Waals surface area contributed by atoms with Crippen LogP contribution in [-0.4, -0.2) is 18.9 Å². The van der Waals surface area contributed by atoms with E-state index in [1.165, 1.54) is 0 Å². The molecule has 0 aliphatic rings. The summed E-state index contributed by atoms with van der Waals surface area (Å²) in [6.07, 6.45) is 1.64. The molecule has 102 valence electrons. The van der Waals surface area contributed by atoms with Crippen LogP contribution >= 0.6 is 11.6 Å². The molecule has 1 heterocycles. The van der Waals surface area contributed by atoms with Gasteiger partial charge in [0.2, 0.25) is 0 Å². The Morgan fingerprint density at radius 3 is 2.75 bits per heavy atom. The van der Waals surface area contributed by atoms with Gasteiger partial charge in [-0.15, -0.1) is 0 Å². The van der Waals surface area contributed by atoms with E-state index in [1.807, 2.05) is 31.2 Å². The zero-order valence-corrected chi connectivity index (χ0v) is 11.9. The van der Waals surface area contributed by atoms with Crippen LogP contribution in [0.15, 0.2) is 30.5 Å². The van der Waals surface area contributed by atoms with Gasteiger partial charge in [-0.05, 0) is 36.2 Å². The first-order chi connectivity index (χ1) is 9.65. The van der Waals surface area contributed by atoms with E-state index < -0.39 is 0 Å². The number of halogens is 1. The molecule has 1 aromatic carbocycles. The second kappa shape index (κ2) is 6.38. The minimum Gasteiger partial charge on any atom is -0.468 e. The van der Waals surface area contributed by atoms with E-state index in [9.17, 15) is 0 Å². The van der Waals surface area contributed by atoms with Crippen LogP contribution in [0.5, 0.6) is 5.75 Å². The average Bonchev–Trinajstić information content (AvgIpc) is 2.45. The molecule has 1 aromatic heterocycles. The molecule has 0 saturated heterocycles. The van der Waals surface area contributed by atoms with Crippen molar-refractivity contribution in [2.75, 3.05) is 13.9 Å². The molecule has 0 spiro atoms. The maximum Gasteiger partial charge on any atom is 0.188 e. The number of methoxy groups -OCH3 is 1. The Bertz CT molecular complexity index is 665. The number of pyridine rings is 1. The number of nitrogens with zero attached hydrogens (tertiary/aromatic N) is 2. The highest BCUT2D eigenvalue weighted by atomic mass is 35.5. The summed E-state index contributed by atoms with van der Waals surface area (Å²) in [5.74, 6) is 0.737. The average molecular weight is 289 g/mol. The van der Waals surface area contributed by atoms with Gasteiger partial charge in [-0.1, -0.05) is 17.7 Å². The lowest BCUT2D eigenvalue weighted by molar-refractivity contribution is 0.0511. The maximum absolute atomic E-state index is 8.83. The van der Waals surface area contributed by atoms with Crippen LogP contribution in [-0.2, 0) is 4.74 Å². The minimum atomic E-state index is 0.211. The third-order valence-corrected chi connectivity index (χ3v) is 3.09. The van der Waals surface area contributed by atoms with E-state index in [0.717, 1.165) is 22.4 Å². The predicted octanol–water partition coefficient (Wildman–Crippen LogP) is 3.56. The summed E-state index contributed by atoms with van der Waals surface area (Å²) in [6, 6.07) is 9.39. The predicted molar refractivity (Wildman–Crippen MR) is 76.6 cm³/mol. The second-order valence-electron chi connectivity index (χ2n) is 4.19. The van der Waals surface area contributed by atoms with Crippen molar-refractivity contribution in [1.82, 2.24) is 4.98 Å². The lowest BCUT2D eigenvalue weighted by atomic mass is 10.0. The summed E-state index contributed by atoms with van der Waals surface area (Å²) in [5.41, 5.74) is 3.12. The molecule has 0 unspecified atom stereocenters. The highest BCUT2D eigenvalue weighted by Gasteiger charge is 2.08. The van der Waals surface area contributed by atoms with Crippen LogP contribution in [0.1, 0.15) is 11.3 Å². The third kappa shape index (κ3) is 3.08. The summed E-state index contributed by atoms with van der Waals surface area (Å²) in [5, 5.41) is 9.18. The molecule has 2 rings (SSSR count). The topological polar surface area (TPSA) is 55.1 Å². The number of hydrogen-bond donors (Lipinski definition) is 0. The number of aromatic nitrogens is 1. The molecule has 0 aliphatic heterocycles. The first kappa shape index (κ1) is 14.3. The number of ether oxygens (including phenoxy) is 2. The third-order valence-electron chi connectivity index (χ3n) is 2.80. The summed E-state index contributed by atoms with van der Waals surface area (Å²) < 4.78 is 10.2. The van der Waals surface area contributed by atoms with Gasteiger partial charge in [0.05, 0.1) is 5.02 Å². The summed E-state index contributed by atoms with van der Waals surface area (Å²) >= 11 is 6.01. The van der Waals surface area contributed by atoms with Crippen molar-refractivity contribution in [2.45, 2.75) is 6.92 Å². The number of aryl methyl sites for hydroxylation is 1. The Balaban J connectivity index is 2.34. The van der Waals surface area contributed by atoms with Gasteiger partial charge in [0.15, 0.2) is 12.5 Å². The smallest absolute Gasteiger partial charge is 0.188 e. The van der Waals surface area contributed by atoms with Crippen molar-refractivity contribution < 1.29 is 9.47 Å². The van der Waals surface area contributed by atoms with Crippen LogP contribution in [0.4, 0.5) is 0 Å². The van der Waals surface area contributed by atoms with E-state index in [1.54, 1.807) is 19.4 Å². The molecule has 5 heteroatoms. The van der Waals surface area contributed by atoms with E-state index >= 15 is 0 Å². The Morgan fingerprint density at radius 2 is 2.15 bits per heavy atom. The fraction of sp³-hybridized carbons (Fsp3) is 0.200. The molecule has 0 bridgehead atoms. The van der Waals surface area contributed by atoms with Crippen LogP contribution in [0.3, 0.4) is 0 Å². The Kier molecular flexibility index (Phi) is 4.57.